The lowest BCUT2D eigenvalue weighted by atomic mass is 10.4. The molecule has 1 heterocycles. The van der Waals surface area contributed by atoms with Crippen molar-refractivity contribution in [2.24, 2.45) is 0 Å². The number of carboxylic acid groups (broad SMARTS) is 1. The second kappa shape index (κ2) is 8.43. The van der Waals surface area contributed by atoms with E-state index in [-0.39, 0.29) is 32.1 Å². The van der Waals surface area contributed by atoms with E-state index in [0.717, 1.165) is 0 Å². The van der Waals surface area contributed by atoms with E-state index < -0.39 is 5.97 Å². The number of halogens is 1. The number of carboxylic acids is 1. The highest BCUT2D eigenvalue weighted by Crippen LogP contribution is 2.12. The summed E-state index contributed by atoms with van der Waals surface area (Å²) in [5, 5.41) is 9.34. The maximum atomic E-state index is 12.1. The van der Waals surface area contributed by atoms with E-state index in [2.05, 4.69) is 4.98 Å². The van der Waals surface area contributed by atoms with Gasteiger partial charge < -0.3 is 19.6 Å². The van der Waals surface area contributed by atoms with Gasteiger partial charge in [-0.05, 0) is 12.1 Å². The number of pyridine rings is 1. The fourth-order valence-corrected chi connectivity index (χ4v) is 1.75. The van der Waals surface area contributed by atoms with Crippen LogP contribution in [0.25, 0.3) is 0 Å². The number of aromatic nitrogens is 1. The Morgan fingerprint density at radius 1 is 1.38 bits per heavy atom. The van der Waals surface area contributed by atoms with Crippen LogP contribution in [0.3, 0.4) is 0 Å². The van der Waals surface area contributed by atoms with Crippen molar-refractivity contribution >= 4 is 29.3 Å². The molecule has 0 radical (unpaired) electrons. The molecule has 0 atom stereocenters. The number of aliphatic carboxylic acids is 1. The molecule has 8 heteroatoms. The summed E-state index contributed by atoms with van der Waals surface area (Å²) in [5.41, 5.74) is 0. The quantitative estimate of drug-likeness (QED) is 0.761. The van der Waals surface area contributed by atoms with Gasteiger partial charge in [-0.1, -0.05) is 11.6 Å². The van der Waals surface area contributed by atoms with E-state index in [1.807, 2.05) is 0 Å². The van der Waals surface area contributed by atoms with Crippen molar-refractivity contribution in [3.63, 3.8) is 0 Å². The predicted molar refractivity (Wildman–Crippen MR) is 78.6 cm³/mol. The molecule has 7 nitrogen and oxygen atoms in total. The number of hydrogen-bond donors (Lipinski definition) is 1. The Kier molecular flexibility index (Phi) is 6.90. The number of nitrogens with zero attached hydrogens (tertiary/aromatic N) is 3. The van der Waals surface area contributed by atoms with Crippen LogP contribution in [-0.4, -0.2) is 67.3 Å². The minimum Gasteiger partial charge on any atom is -0.480 e. The maximum absolute atomic E-state index is 12.1. The molecule has 116 valence electrons. The summed E-state index contributed by atoms with van der Waals surface area (Å²) in [5.74, 6) is -0.796. The van der Waals surface area contributed by atoms with Crippen molar-refractivity contribution in [1.82, 2.24) is 9.88 Å². The van der Waals surface area contributed by atoms with Gasteiger partial charge in [0.25, 0.3) is 0 Å². The molecule has 0 aromatic carbocycles. The first kappa shape index (κ1) is 17.2. The molecule has 0 aliphatic rings. The molecule has 1 aromatic rings. The van der Waals surface area contributed by atoms with Crippen LogP contribution in [0.15, 0.2) is 18.3 Å². The SMILES string of the molecule is COCCN(CC(=O)O)C(=O)CN(C)c1ccc(Cl)cn1. The number of methoxy groups -OCH3 is 1. The van der Waals surface area contributed by atoms with Crippen LogP contribution < -0.4 is 4.90 Å². The van der Waals surface area contributed by atoms with Gasteiger partial charge in [-0.15, -0.1) is 0 Å². The largest absolute Gasteiger partial charge is 0.480 e. The van der Waals surface area contributed by atoms with Gasteiger partial charge in [0, 0.05) is 26.9 Å². The lowest BCUT2D eigenvalue weighted by Gasteiger charge is -2.24. The molecule has 0 spiro atoms. The number of carbonyl (C=O) groups is 2. The molecule has 1 aromatic heterocycles. The molecule has 1 N–H and O–H groups in total. The summed E-state index contributed by atoms with van der Waals surface area (Å²) in [4.78, 5) is 29.9. The third kappa shape index (κ3) is 5.97. The van der Waals surface area contributed by atoms with Crippen molar-refractivity contribution in [1.29, 1.82) is 0 Å². The standard InChI is InChI=1S/C13H18ClN3O4/c1-16(11-4-3-10(14)7-15-11)8-12(18)17(5-6-21-2)9-13(19)20/h3-4,7H,5-6,8-9H2,1-2H3,(H,19,20). The van der Waals surface area contributed by atoms with Gasteiger partial charge in [0.2, 0.25) is 5.91 Å². The van der Waals surface area contributed by atoms with E-state index in [4.69, 9.17) is 21.4 Å². The molecule has 0 unspecified atom stereocenters. The first-order valence-electron chi connectivity index (χ1n) is 6.25. The van der Waals surface area contributed by atoms with Crippen LogP contribution in [0.5, 0.6) is 0 Å². The fraction of sp³-hybridized carbons (Fsp3) is 0.462. The number of ether oxygens (including phenoxy) is 1. The Hall–Kier alpha value is -1.86. The molecular weight excluding hydrogens is 298 g/mol. The molecule has 1 amide bonds. The molecule has 1 rings (SSSR count). The van der Waals surface area contributed by atoms with Crippen LogP contribution in [-0.2, 0) is 14.3 Å². The molecule has 0 bridgehead atoms. The summed E-state index contributed by atoms with van der Waals surface area (Å²) in [7, 11) is 3.19. The molecule has 0 fully saturated rings. The monoisotopic (exact) mass is 315 g/mol. The summed E-state index contributed by atoms with van der Waals surface area (Å²) in [6, 6.07) is 3.36. The summed E-state index contributed by atoms with van der Waals surface area (Å²) in [6.45, 7) is 0.168. The van der Waals surface area contributed by atoms with E-state index in [9.17, 15) is 9.59 Å². The van der Waals surface area contributed by atoms with Crippen LogP contribution in [0.4, 0.5) is 5.82 Å². The summed E-state index contributed by atoms with van der Waals surface area (Å²) in [6.07, 6.45) is 1.48. The van der Waals surface area contributed by atoms with E-state index >= 15 is 0 Å². The number of anilines is 1. The molecule has 21 heavy (non-hydrogen) atoms. The highest BCUT2D eigenvalue weighted by molar-refractivity contribution is 6.30. The zero-order valence-corrected chi connectivity index (χ0v) is 12.7. The zero-order chi connectivity index (χ0) is 15.8. The Labute approximate surface area is 128 Å². The number of amides is 1. The molecule has 0 aliphatic heterocycles. The second-order valence-electron chi connectivity index (χ2n) is 4.39. The summed E-state index contributed by atoms with van der Waals surface area (Å²) >= 11 is 5.75. The van der Waals surface area contributed by atoms with Gasteiger partial charge in [-0.3, -0.25) is 9.59 Å². The Morgan fingerprint density at radius 3 is 2.62 bits per heavy atom. The van der Waals surface area contributed by atoms with E-state index in [1.54, 1.807) is 24.1 Å². The fourth-order valence-electron chi connectivity index (χ4n) is 1.63. The molecule has 0 saturated heterocycles. The topological polar surface area (TPSA) is 83.0 Å². The van der Waals surface area contributed by atoms with Gasteiger partial charge in [0.1, 0.15) is 12.4 Å². The van der Waals surface area contributed by atoms with Gasteiger partial charge in [-0.2, -0.15) is 0 Å². The van der Waals surface area contributed by atoms with Gasteiger partial charge in [-0.25, -0.2) is 4.98 Å². The van der Waals surface area contributed by atoms with Crippen LogP contribution >= 0.6 is 11.6 Å². The number of hydrogen-bond acceptors (Lipinski definition) is 5. The minimum absolute atomic E-state index is 0.0195. The molecule has 0 aliphatic carbocycles. The zero-order valence-electron chi connectivity index (χ0n) is 12.0. The first-order chi connectivity index (χ1) is 9.93. The van der Waals surface area contributed by atoms with E-state index in [0.29, 0.717) is 10.8 Å². The predicted octanol–water partition coefficient (Wildman–Crippen LogP) is 0.731. The van der Waals surface area contributed by atoms with Crippen LogP contribution in [0, 0.1) is 0 Å². The van der Waals surface area contributed by atoms with Gasteiger partial charge >= 0.3 is 5.97 Å². The second-order valence-corrected chi connectivity index (χ2v) is 4.83. The van der Waals surface area contributed by atoms with Crippen LogP contribution in [0.1, 0.15) is 0 Å². The van der Waals surface area contributed by atoms with Crippen LogP contribution in [0.2, 0.25) is 5.02 Å². The average Bonchev–Trinajstić information content (AvgIpc) is 2.43. The number of carbonyl (C=O) groups excluding carboxylic acids is 1. The average molecular weight is 316 g/mol. The first-order valence-corrected chi connectivity index (χ1v) is 6.63. The number of likely N-dealkylation sites (N-methyl/N-ethyl adjacent to an activating group) is 1. The van der Waals surface area contributed by atoms with Gasteiger partial charge in [0.05, 0.1) is 18.2 Å². The highest BCUT2D eigenvalue weighted by atomic mass is 35.5. The third-order valence-corrected chi connectivity index (χ3v) is 2.94. The molecular formula is C13H18ClN3O4. The van der Waals surface area contributed by atoms with Crippen molar-refractivity contribution in [3.05, 3.63) is 23.4 Å². The molecule has 0 saturated carbocycles. The van der Waals surface area contributed by atoms with Crippen molar-refractivity contribution in [2.75, 3.05) is 45.3 Å². The number of rotatable bonds is 8. The van der Waals surface area contributed by atoms with Gasteiger partial charge in [0.15, 0.2) is 0 Å². The lowest BCUT2D eigenvalue weighted by Crippen LogP contribution is -2.43. The van der Waals surface area contributed by atoms with E-state index in [1.165, 1.54) is 18.2 Å². The third-order valence-electron chi connectivity index (χ3n) is 2.72. The van der Waals surface area contributed by atoms with Crippen molar-refractivity contribution < 1.29 is 19.4 Å². The smallest absolute Gasteiger partial charge is 0.323 e. The summed E-state index contributed by atoms with van der Waals surface area (Å²) < 4.78 is 4.88. The Bertz CT molecular complexity index is 481. The Balaban J connectivity index is 2.66. The minimum atomic E-state index is -1.06. The maximum Gasteiger partial charge on any atom is 0.323 e. The lowest BCUT2D eigenvalue weighted by molar-refractivity contribution is -0.144. The Morgan fingerprint density at radius 2 is 2.10 bits per heavy atom. The van der Waals surface area contributed by atoms with Crippen molar-refractivity contribution in [2.45, 2.75) is 0 Å². The normalized spacial score (nSPS) is 10.2. The highest BCUT2D eigenvalue weighted by Gasteiger charge is 2.18. The van der Waals surface area contributed by atoms with Crippen molar-refractivity contribution in [3.8, 4) is 0 Å².